The van der Waals surface area contributed by atoms with Gasteiger partial charge in [0.25, 0.3) is 0 Å². The Kier molecular flexibility index (Phi) is 4.31. The minimum Gasteiger partial charge on any atom is -0.245 e. The smallest absolute Gasteiger partial charge is 0.160 e. The van der Waals surface area contributed by atoms with Gasteiger partial charge in [-0.15, -0.1) is 11.3 Å². The first-order valence-electron chi connectivity index (χ1n) is 5.86. The van der Waals surface area contributed by atoms with Crippen molar-refractivity contribution in [1.29, 1.82) is 0 Å². The molecule has 0 bridgehead atoms. The molecular formula is C13H14FNO2S2. The van der Waals surface area contributed by atoms with Gasteiger partial charge in [0.05, 0.1) is 22.2 Å². The summed E-state index contributed by atoms with van der Waals surface area (Å²) in [6.07, 6.45) is 0.800. The largest absolute Gasteiger partial charge is 0.245 e. The Labute approximate surface area is 116 Å². The van der Waals surface area contributed by atoms with Crippen LogP contribution in [0.5, 0.6) is 0 Å². The maximum Gasteiger partial charge on any atom is 0.160 e. The summed E-state index contributed by atoms with van der Waals surface area (Å²) in [5.41, 5.74) is 1.03. The second-order valence-corrected chi connectivity index (χ2v) is 7.26. The molecule has 0 radical (unpaired) electrons. The summed E-state index contributed by atoms with van der Waals surface area (Å²) in [5.74, 6) is -0.682. The van der Waals surface area contributed by atoms with Gasteiger partial charge in [-0.25, -0.2) is 17.8 Å². The van der Waals surface area contributed by atoms with Crippen molar-refractivity contribution in [2.24, 2.45) is 0 Å². The predicted molar refractivity (Wildman–Crippen MR) is 74.2 cm³/mol. The van der Waals surface area contributed by atoms with Crippen LogP contribution in [0.15, 0.2) is 29.6 Å². The molecule has 0 aliphatic carbocycles. The molecule has 0 fully saturated rings. The molecule has 102 valence electrons. The molecule has 0 amide bonds. The highest BCUT2D eigenvalue weighted by Crippen LogP contribution is 2.16. The Morgan fingerprint density at radius 3 is 2.74 bits per heavy atom. The molecule has 2 rings (SSSR count). The second kappa shape index (κ2) is 5.79. The molecule has 2 aromatic rings. The standard InChI is InChI=1S/C13H14FNO2S2/c1-2-13-15-12(7-18-13)9-19(16,17)8-10-4-3-5-11(14)6-10/h3-7H,2,8-9H2,1H3. The minimum atomic E-state index is -3.32. The third-order valence-corrected chi connectivity index (χ3v) is 5.10. The average Bonchev–Trinajstić information content (AvgIpc) is 2.75. The van der Waals surface area contributed by atoms with Crippen molar-refractivity contribution in [3.8, 4) is 0 Å². The van der Waals surface area contributed by atoms with Crippen LogP contribution in [0.25, 0.3) is 0 Å². The Bertz CT molecular complexity index is 665. The highest BCUT2D eigenvalue weighted by molar-refractivity contribution is 7.89. The van der Waals surface area contributed by atoms with E-state index in [4.69, 9.17) is 0 Å². The second-order valence-electron chi connectivity index (χ2n) is 4.25. The molecule has 1 aromatic carbocycles. The molecule has 0 saturated carbocycles. The van der Waals surface area contributed by atoms with Crippen LogP contribution >= 0.6 is 11.3 Å². The number of hydrogen-bond donors (Lipinski definition) is 0. The lowest BCUT2D eigenvalue weighted by atomic mass is 10.2. The summed E-state index contributed by atoms with van der Waals surface area (Å²) in [6.45, 7) is 1.98. The topological polar surface area (TPSA) is 47.0 Å². The molecule has 6 heteroatoms. The summed E-state index contributed by atoms with van der Waals surface area (Å²) in [7, 11) is -3.32. The molecule has 19 heavy (non-hydrogen) atoms. The number of benzene rings is 1. The van der Waals surface area contributed by atoms with Gasteiger partial charge in [0.1, 0.15) is 5.82 Å². The van der Waals surface area contributed by atoms with Gasteiger partial charge < -0.3 is 0 Å². The van der Waals surface area contributed by atoms with Crippen LogP contribution in [0.3, 0.4) is 0 Å². The summed E-state index contributed by atoms with van der Waals surface area (Å²) >= 11 is 1.46. The summed E-state index contributed by atoms with van der Waals surface area (Å²) in [4.78, 5) is 4.24. The first-order valence-corrected chi connectivity index (χ1v) is 8.57. The summed E-state index contributed by atoms with van der Waals surface area (Å²) in [6, 6.07) is 5.66. The zero-order valence-corrected chi connectivity index (χ0v) is 12.1. The van der Waals surface area contributed by atoms with Crippen molar-refractivity contribution in [1.82, 2.24) is 4.98 Å². The van der Waals surface area contributed by atoms with Crippen LogP contribution in [0.1, 0.15) is 23.2 Å². The van der Waals surface area contributed by atoms with E-state index in [9.17, 15) is 12.8 Å². The Morgan fingerprint density at radius 2 is 2.11 bits per heavy atom. The van der Waals surface area contributed by atoms with E-state index in [0.717, 1.165) is 11.4 Å². The predicted octanol–water partition coefficient (Wildman–Crippen LogP) is 2.96. The van der Waals surface area contributed by atoms with Gasteiger partial charge in [-0.1, -0.05) is 19.1 Å². The number of thiazole rings is 1. The lowest BCUT2D eigenvalue weighted by Crippen LogP contribution is -2.08. The van der Waals surface area contributed by atoms with Crippen molar-refractivity contribution in [2.45, 2.75) is 24.9 Å². The summed E-state index contributed by atoms with van der Waals surface area (Å²) in [5, 5.41) is 2.69. The molecular weight excluding hydrogens is 285 g/mol. The molecule has 1 aromatic heterocycles. The molecule has 3 nitrogen and oxygen atoms in total. The normalized spacial score (nSPS) is 11.7. The van der Waals surface area contributed by atoms with Crippen molar-refractivity contribution in [3.63, 3.8) is 0 Å². The molecule has 0 N–H and O–H groups in total. The van der Waals surface area contributed by atoms with Crippen LogP contribution in [0, 0.1) is 5.82 Å². The van der Waals surface area contributed by atoms with Crippen molar-refractivity contribution in [3.05, 3.63) is 51.7 Å². The third-order valence-electron chi connectivity index (χ3n) is 2.55. The molecule has 0 saturated heterocycles. The minimum absolute atomic E-state index is 0.0972. The Morgan fingerprint density at radius 1 is 1.32 bits per heavy atom. The number of aromatic nitrogens is 1. The zero-order chi connectivity index (χ0) is 13.9. The van der Waals surface area contributed by atoms with Crippen molar-refractivity contribution >= 4 is 21.2 Å². The van der Waals surface area contributed by atoms with Crippen molar-refractivity contribution < 1.29 is 12.8 Å². The maximum atomic E-state index is 13.0. The van der Waals surface area contributed by atoms with E-state index in [1.165, 1.54) is 29.5 Å². The van der Waals surface area contributed by atoms with Crippen LogP contribution in [0.2, 0.25) is 0 Å². The fourth-order valence-corrected chi connectivity index (χ4v) is 3.97. The molecule has 0 unspecified atom stereocenters. The van der Waals surface area contributed by atoms with Crippen LogP contribution in [0.4, 0.5) is 4.39 Å². The fourth-order valence-electron chi connectivity index (χ4n) is 1.73. The van der Waals surface area contributed by atoms with E-state index < -0.39 is 15.7 Å². The highest BCUT2D eigenvalue weighted by Gasteiger charge is 2.15. The first-order chi connectivity index (χ1) is 8.98. The average molecular weight is 299 g/mol. The van der Waals surface area contributed by atoms with Gasteiger partial charge in [0.2, 0.25) is 0 Å². The third kappa shape index (κ3) is 4.11. The van der Waals surface area contributed by atoms with Crippen molar-refractivity contribution in [2.75, 3.05) is 0 Å². The Balaban J connectivity index is 2.10. The number of nitrogens with zero attached hydrogens (tertiary/aromatic N) is 1. The van der Waals surface area contributed by atoms with E-state index in [-0.39, 0.29) is 11.5 Å². The molecule has 0 spiro atoms. The molecule has 1 heterocycles. The van der Waals surface area contributed by atoms with E-state index in [1.807, 2.05) is 6.92 Å². The first kappa shape index (κ1) is 14.1. The number of hydrogen-bond acceptors (Lipinski definition) is 4. The van der Waals surface area contributed by atoms with Gasteiger partial charge in [0, 0.05) is 5.38 Å². The molecule has 0 aliphatic heterocycles. The van der Waals surface area contributed by atoms with Gasteiger partial charge in [-0.05, 0) is 24.1 Å². The van der Waals surface area contributed by atoms with E-state index in [0.29, 0.717) is 11.3 Å². The zero-order valence-electron chi connectivity index (χ0n) is 10.5. The quantitative estimate of drug-likeness (QED) is 0.853. The van der Waals surface area contributed by atoms with Gasteiger partial charge >= 0.3 is 0 Å². The molecule has 0 aliphatic rings. The van der Waals surface area contributed by atoms with E-state index >= 15 is 0 Å². The van der Waals surface area contributed by atoms with Crippen LogP contribution in [-0.4, -0.2) is 13.4 Å². The van der Waals surface area contributed by atoms with Gasteiger partial charge in [0.15, 0.2) is 9.84 Å². The lowest BCUT2D eigenvalue weighted by Gasteiger charge is -2.03. The number of aryl methyl sites for hydroxylation is 1. The van der Waals surface area contributed by atoms with Gasteiger partial charge in [-0.2, -0.15) is 0 Å². The summed E-state index contributed by atoms with van der Waals surface area (Å²) < 4.78 is 37.1. The van der Waals surface area contributed by atoms with E-state index in [2.05, 4.69) is 4.98 Å². The highest BCUT2D eigenvalue weighted by atomic mass is 32.2. The number of rotatable bonds is 5. The fraction of sp³-hybridized carbons (Fsp3) is 0.308. The number of halogens is 1. The van der Waals surface area contributed by atoms with E-state index in [1.54, 1.807) is 11.4 Å². The van der Waals surface area contributed by atoms with Gasteiger partial charge in [-0.3, -0.25) is 0 Å². The molecule has 0 atom stereocenters. The van der Waals surface area contributed by atoms with Crippen LogP contribution in [-0.2, 0) is 27.8 Å². The maximum absolute atomic E-state index is 13.0. The Hall–Kier alpha value is -1.27. The monoisotopic (exact) mass is 299 g/mol. The SMILES string of the molecule is CCc1nc(CS(=O)(=O)Cc2cccc(F)c2)cs1. The number of sulfone groups is 1. The van der Waals surface area contributed by atoms with Crippen LogP contribution < -0.4 is 0 Å². The lowest BCUT2D eigenvalue weighted by molar-refractivity contribution is 0.593.